The van der Waals surface area contributed by atoms with E-state index in [1.54, 1.807) is 12.1 Å². The molecular formula is C22H24N2O7S2. The first-order chi connectivity index (χ1) is 15.7. The summed E-state index contributed by atoms with van der Waals surface area (Å²) < 4.78 is 70.7. The van der Waals surface area contributed by atoms with E-state index in [0.717, 1.165) is 0 Å². The molecule has 9 nitrogen and oxygen atoms in total. The quantitative estimate of drug-likeness (QED) is 0.458. The zero-order valence-electron chi connectivity index (χ0n) is 18.3. The molecule has 3 aromatic rings. The number of sulfonamides is 1. The van der Waals surface area contributed by atoms with Crippen LogP contribution in [0.15, 0.2) is 76.8 Å². The standard InChI is InChI=1S/C22H24N2O7S2/c1-29-17-6-9-19(10-7-17)32(25,26)22(16-5-4-12-23-14-16)15-24-33(27,28)21-11-8-18(30-2)13-20(21)31-3/h4-14,22,24H,15H2,1-3H3. The molecule has 1 unspecified atom stereocenters. The van der Waals surface area contributed by atoms with E-state index in [-0.39, 0.29) is 15.5 Å². The van der Waals surface area contributed by atoms with Crippen molar-refractivity contribution >= 4 is 19.9 Å². The summed E-state index contributed by atoms with van der Waals surface area (Å²) in [4.78, 5) is 3.88. The number of hydrogen-bond donors (Lipinski definition) is 1. The van der Waals surface area contributed by atoms with Crippen LogP contribution in [0.1, 0.15) is 10.8 Å². The molecule has 0 aliphatic carbocycles. The Morgan fingerprint density at radius 2 is 1.55 bits per heavy atom. The van der Waals surface area contributed by atoms with Gasteiger partial charge in [0.05, 0.1) is 26.2 Å². The maximum Gasteiger partial charge on any atom is 0.244 e. The number of hydrogen-bond acceptors (Lipinski definition) is 8. The van der Waals surface area contributed by atoms with Crippen molar-refractivity contribution in [3.63, 3.8) is 0 Å². The third-order valence-electron chi connectivity index (χ3n) is 4.94. The fourth-order valence-corrected chi connectivity index (χ4v) is 6.11. The minimum absolute atomic E-state index is 0.0263. The molecule has 33 heavy (non-hydrogen) atoms. The Balaban J connectivity index is 1.97. The summed E-state index contributed by atoms with van der Waals surface area (Å²) in [6, 6.07) is 13.3. The zero-order valence-corrected chi connectivity index (χ0v) is 19.9. The van der Waals surface area contributed by atoms with Crippen LogP contribution in [-0.2, 0) is 19.9 Å². The van der Waals surface area contributed by atoms with Gasteiger partial charge in [-0.3, -0.25) is 4.98 Å². The summed E-state index contributed by atoms with van der Waals surface area (Å²) in [6.45, 7) is -0.419. The monoisotopic (exact) mass is 492 g/mol. The number of sulfone groups is 1. The molecule has 1 atom stereocenters. The molecule has 11 heteroatoms. The van der Waals surface area contributed by atoms with Crippen LogP contribution in [-0.4, -0.2) is 49.7 Å². The molecule has 0 saturated heterocycles. The number of aromatic nitrogens is 1. The molecule has 1 N–H and O–H groups in total. The Labute approximate surface area is 193 Å². The van der Waals surface area contributed by atoms with Crippen molar-refractivity contribution in [3.8, 4) is 17.2 Å². The summed E-state index contributed by atoms with van der Waals surface area (Å²) in [5.41, 5.74) is 0.345. The SMILES string of the molecule is COc1ccc(S(=O)(=O)C(CNS(=O)(=O)c2ccc(OC)cc2OC)c2cccnc2)cc1. The lowest BCUT2D eigenvalue weighted by Crippen LogP contribution is -2.32. The Hall–Kier alpha value is -3.15. The lowest BCUT2D eigenvalue weighted by atomic mass is 10.2. The van der Waals surface area contributed by atoms with Crippen LogP contribution in [0.3, 0.4) is 0 Å². The molecule has 0 spiro atoms. The van der Waals surface area contributed by atoms with E-state index in [4.69, 9.17) is 14.2 Å². The summed E-state index contributed by atoms with van der Waals surface area (Å²) in [6.07, 6.45) is 2.90. The Bertz CT molecular complexity index is 1290. The van der Waals surface area contributed by atoms with Crippen LogP contribution in [0, 0.1) is 0 Å². The van der Waals surface area contributed by atoms with Gasteiger partial charge in [-0.05, 0) is 48.0 Å². The molecule has 0 saturated carbocycles. The van der Waals surface area contributed by atoms with E-state index in [1.165, 1.54) is 76.2 Å². The van der Waals surface area contributed by atoms with Gasteiger partial charge in [-0.1, -0.05) is 6.07 Å². The topological polar surface area (TPSA) is 121 Å². The summed E-state index contributed by atoms with van der Waals surface area (Å²) >= 11 is 0. The van der Waals surface area contributed by atoms with E-state index in [9.17, 15) is 16.8 Å². The average Bonchev–Trinajstić information content (AvgIpc) is 2.84. The van der Waals surface area contributed by atoms with Crippen molar-refractivity contribution in [2.24, 2.45) is 0 Å². The van der Waals surface area contributed by atoms with Gasteiger partial charge in [-0.25, -0.2) is 21.6 Å². The number of pyridine rings is 1. The van der Waals surface area contributed by atoms with E-state index in [2.05, 4.69) is 9.71 Å². The molecule has 0 aliphatic rings. The van der Waals surface area contributed by atoms with Crippen molar-refractivity contribution < 1.29 is 31.0 Å². The van der Waals surface area contributed by atoms with Gasteiger partial charge in [-0.15, -0.1) is 0 Å². The number of benzene rings is 2. The second-order valence-corrected chi connectivity index (χ2v) is 10.7. The molecule has 0 radical (unpaired) electrons. The van der Waals surface area contributed by atoms with Gasteiger partial charge in [0.15, 0.2) is 9.84 Å². The normalized spacial score (nSPS) is 12.7. The molecule has 0 amide bonds. The summed E-state index contributed by atoms with van der Waals surface area (Å²) in [5.74, 6) is 0.984. The number of methoxy groups -OCH3 is 3. The smallest absolute Gasteiger partial charge is 0.244 e. The van der Waals surface area contributed by atoms with Crippen molar-refractivity contribution in [2.75, 3.05) is 27.9 Å². The van der Waals surface area contributed by atoms with Crippen LogP contribution in [0.4, 0.5) is 0 Å². The number of ether oxygens (including phenoxy) is 3. The highest BCUT2D eigenvalue weighted by atomic mass is 32.2. The maximum atomic E-state index is 13.4. The average molecular weight is 493 g/mol. The molecule has 3 rings (SSSR count). The summed E-state index contributed by atoms with van der Waals surface area (Å²) in [7, 11) is -3.85. The number of nitrogens with one attached hydrogen (secondary N) is 1. The number of nitrogens with zero attached hydrogens (tertiary/aromatic N) is 1. The Morgan fingerprint density at radius 1 is 0.879 bits per heavy atom. The Kier molecular flexibility index (Phi) is 7.57. The predicted octanol–water partition coefficient (Wildman–Crippen LogP) is 2.60. The van der Waals surface area contributed by atoms with Crippen LogP contribution in [0.2, 0.25) is 0 Å². The van der Waals surface area contributed by atoms with Gasteiger partial charge < -0.3 is 14.2 Å². The molecule has 0 aliphatic heterocycles. The first-order valence-corrected chi connectivity index (χ1v) is 12.8. The van der Waals surface area contributed by atoms with Gasteiger partial charge in [0.25, 0.3) is 0 Å². The van der Waals surface area contributed by atoms with Crippen molar-refractivity contribution in [1.29, 1.82) is 0 Å². The molecular weight excluding hydrogens is 468 g/mol. The van der Waals surface area contributed by atoms with E-state index in [0.29, 0.717) is 17.1 Å². The van der Waals surface area contributed by atoms with Crippen LogP contribution >= 0.6 is 0 Å². The maximum absolute atomic E-state index is 13.4. The highest BCUT2D eigenvalue weighted by molar-refractivity contribution is 7.92. The molecule has 0 bridgehead atoms. The fraction of sp³-hybridized carbons (Fsp3) is 0.227. The van der Waals surface area contributed by atoms with Gasteiger partial charge in [-0.2, -0.15) is 0 Å². The molecule has 176 valence electrons. The third-order valence-corrected chi connectivity index (χ3v) is 8.52. The highest BCUT2D eigenvalue weighted by Crippen LogP contribution is 2.31. The largest absolute Gasteiger partial charge is 0.497 e. The van der Waals surface area contributed by atoms with Crippen LogP contribution in [0.5, 0.6) is 17.2 Å². The van der Waals surface area contributed by atoms with E-state index >= 15 is 0 Å². The first kappa shape index (κ1) is 24.5. The minimum Gasteiger partial charge on any atom is -0.497 e. The van der Waals surface area contributed by atoms with Crippen molar-refractivity contribution in [3.05, 3.63) is 72.6 Å². The minimum atomic E-state index is -4.12. The second kappa shape index (κ2) is 10.2. The Morgan fingerprint density at radius 3 is 2.12 bits per heavy atom. The van der Waals surface area contributed by atoms with E-state index in [1.807, 2.05) is 0 Å². The number of rotatable bonds is 10. The van der Waals surface area contributed by atoms with Gasteiger partial charge in [0.1, 0.15) is 27.4 Å². The molecule has 1 heterocycles. The molecule has 0 fully saturated rings. The van der Waals surface area contributed by atoms with Gasteiger partial charge >= 0.3 is 0 Å². The van der Waals surface area contributed by atoms with Gasteiger partial charge in [0, 0.05) is 25.0 Å². The second-order valence-electron chi connectivity index (χ2n) is 6.86. The summed E-state index contributed by atoms with van der Waals surface area (Å²) in [5, 5.41) is -1.22. The van der Waals surface area contributed by atoms with Crippen molar-refractivity contribution in [2.45, 2.75) is 15.0 Å². The lowest BCUT2D eigenvalue weighted by molar-refractivity contribution is 0.386. The van der Waals surface area contributed by atoms with Crippen LogP contribution in [0.25, 0.3) is 0 Å². The highest BCUT2D eigenvalue weighted by Gasteiger charge is 2.32. The lowest BCUT2D eigenvalue weighted by Gasteiger charge is -2.19. The third kappa shape index (κ3) is 5.44. The molecule has 2 aromatic carbocycles. The predicted molar refractivity (Wildman–Crippen MR) is 122 cm³/mol. The molecule has 1 aromatic heterocycles. The van der Waals surface area contributed by atoms with Crippen molar-refractivity contribution in [1.82, 2.24) is 9.71 Å². The first-order valence-electron chi connectivity index (χ1n) is 9.72. The van der Waals surface area contributed by atoms with E-state index < -0.39 is 31.7 Å². The fourth-order valence-electron chi connectivity index (χ4n) is 3.16. The zero-order chi connectivity index (χ0) is 24.1. The van der Waals surface area contributed by atoms with Crippen LogP contribution < -0.4 is 18.9 Å². The van der Waals surface area contributed by atoms with Gasteiger partial charge in [0.2, 0.25) is 10.0 Å².